The van der Waals surface area contributed by atoms with Crippen molar-refractivity contribution in [1.29, 1.82) is 0 Å². The number of hydrogen-bond donors (Lipinski definition) is 1. The molecule has 0 atom stereocenters. The van der Waals surface area contributed by atoms with Crippen LogP contribution in [0, 0.1) is 5.92 Å². The highest BCUT2D eigenvalue weighted by Crippen LogP contribution is 2.46. The number of fused-ring (bicyclic) bond motifs is 2. The molecule has 1 N–H and O–H groups in total. The first kappa shape index (κ1) is 28.0. The maximum Gasteiger partial charge on any atom is 0.232 e. The first-order valence-electron chi connectivity index (χ1n) is 13.3. The number of amides is 1. The van der Waals surface area contributed by atoms with E-state index in [1.807, 2.05) is 24.3 Å². The number of likely N-dealkylation sites (tertiary alicyclic amines) is 1. The van der Waals surface area contributed by atoms with Gasteiger partial charge in [0, 0.05) is 46.0 Å². The van der Waals surface area contributed by atoms with Crippen LogP contribution in [0.25, 0.3) is 0 Å². The van der Waals surface area contributed by atoms with Crippen LogP contribution in [0.2, 0.25) is 10.0 Å². The highest BCUT2D eigenvalue weighted by molar-refractivity contribution is 6.31. The van der Waals surface area contributed by atoms with E-state index in [0.29, 0.717) is 21.5 Å². The van der Waals surface area contributed by atoms with Gasteiger partial charge < -0.3 is 38.5 Å². The summed E-state index contributed by atoms with van der Waals surface area (Å²) in [7, 11) is 2.42. The van der Waals surface area contributed by atoms with E-state index in [4.69, 9.17) is 27.9 Å². The average Bonchev–Trinajstić information content (AvgIpc) is 2.81. The molecule has 2 fully saturated rings. The van der Waals surface area contributed by atoms with E-state index in [9.17, 15) is 4.79 Å². The third kappa shape index (κ3) is 6.51. The lowest BCUT2D eigenvalue weighted by Crippen LogP contribution is -3.00. The summed E-state index contributed by atoms with van der Waals surface area (Å²) in [6, 6.07) is 11.2. The zero-order valence-electron chi connectivity index (χ0n) is 21.1. The smallest absolute Gasteiger partial charge is 0.232 e. The average molecular weight is 643 g/mol. The summed E-state index contributed by atoms with van der Waals surface area (Å²) in [4.78, 5) is 13.7. The molecule has 0 spiro atoms. The van der Waals surface area contributed by atoms with Crippen LogP contribution >= 0.6 is 23.2 Å². The van der Waals surface area contributed by atoms with Crippen molar-refractivity contribution in [1.82, 2.24) is 5.32 Å². The van der Waals surface area contributed by atoms with E-state index in [2.05, 4.69) is 12.4 Å². The van der Waals surface area contributed by atoms with Crippen LogP contribution in [0.15, 0.2) is 36.4 Å². The molecule has 2 heterocycles. The number of ether oxygens (including phenoxy) is 1. The van der Waals surface area contributed by atoms with Gasteiger partial charge in [-0.15, -0.1) is 0 Å². The second kappa shape index (κ2) is 12.2. The van der Waals surface area contributed by atoms with Crippen molar-refractivity contribution < 1.29 is 38.0 Å². The molecule has 2 aromatic carbocycles. The summed E-state index contributed by atoms with van der Waals surface area (Å²) in [5.41, 5.74) is 1.59. The van der Waals surface area contributed by atoms with Crippen LogP contribution in [0.3, 0.4) is 0 Å². The Hall–Kier alpha value is -1.02. The molecule has 0 unspecified atom stereocenters. The normalized spacial score (nSPS) is 24.8. The Labute approximate surface area is 242 Å². The van der Waals surface area contributed by atoms with E-state index < -0.39 is 5.92 Å². The molecule has 1 aliphatic carbocycles. The predicted octanol–water partition coefficient (Wildman–Crippen LogP) is 4.32. The lowest BCUT2D eigenvalue weighted by molar-refractivity contribution is -0.917. The van der Waals surface area contributed by atoms with Crippen LogP contribution in [-0.2, 0) is 4.79 Å². The number of benzene rings is 2. The SMILES string of the molecule is C[N+]1(CC2CCCCCCC2)CCC(NC(=O)C2c3cc(Cl)ccc3Oc3ccc(Cl)cc32)CC1.[I-]. The fourth-order valence-electron chi connectivity index (χ4n) is 6.39. The van der Waals surface area contributed by atoms with Gasteiger partial charge in [-0.2, -0.15) is 0 Å². The number of piperidine rings is 1. The molecule has 4 nitrogen and oxygen atoms in total. The summed E-state index contributed by atoms with van der Waals surface area (Å²) in [6.07, 6.45) is 11.8. The molecule has 1 amide bonds. The molecule has 0 aromatic heterocycles. The lowest BCUT2D eigenvalue weighted by Gasteiger charge is -2.43. The number of nitrogens with zero attached hydrogens (tertiary/aromatic N) is 1. The number of halogens is 3. The molecule has 1 saturated carbocycles. The minimum Gasteiger partial charge on any atom is -1.00 e. The van der Waals surface area contributed by atoms with Gasteiger partial charge in [-0.05, 0) is 49.2 Å². The summed E-state index contributed by atoms with van der Waals surface area (Å²) in [6.45, 7) is 3.54. The second-order valence-corrected chi connectivity index (χ2v) is 12.0. The van der Waals surface area contributed by atoms with Gasteiger partial charge in [-0.25, -0.2) is 0 Å². The summed E-state index contributed by atoms with van der Waals surface area (Å²) < 4.78 is 7.22. The van der Waals surface area contributed by atoms with Crippen molar-refractivity contribution in [3.63, 3.8) is 0 Å². The lowest BCUT2D eigenvalue weighted by atomic mass is 9.86. The second-order valence-electron chi connectivity index (χ2n) is 11.1. The highest BCUT2D eigenvalue weighted by Gasteiger charge is 2.37. The molecule has 196 valence electrons. The third-order valence-corrected chi connectivity index (χ3v) is 8.82. The van der Waals surface area contributed by atoms with Crippen molar-refractivity contribution in [2.24, 2.45) is 5.92 Å². The molecule has 5 rings (SSSR count). The highest BCUT2D eigenvalue weighted by atomic mass is 127. The minimum absolute atomic E-state index is 0. The topological polar surface area (TPSA) is 38.3 Å². The Balaban J connectivity index is 0.00000304. The van der Waals surface area contributed by atoms with Crippen LogP contribution in [0.1, 0.15) is 74.8 Å². The monoisotopic (exact) mass is 642 g/mol. The number of rotatable bonds is 4. The zero-order chi connectivity index (χ0) is 24.4. The zero-order valence-corrected chi connectivity index (χ0v) is 24.7. The van der Waals surface area contributed by atoms with Gasteiger partial charge in [-0.1, -0.05) is 55.3 Å². The number of nitrogens with one attached hydrogen (secondary N) is 1. The summed E-state index contributed by atoms with van der Waals surface area (Å²) >= 11 is 12.6. The van der Waals surface area contributed by atoms with Crippen molar-refractivity contribution in [3.8, 4) is 11.5 Å². The molecule has 0 bridgehead atoms. The molecule has 7 heteroatoms. The predicted molar refractivity (Wildman–Crippen MR) is 143 cm³/mol. The number of hydrogen-bond acceptors (Lipinski definition) is 2. The van der Waals surface area contributed by atoms with Crippen LogP contribution in [0.5, 0.6) is 11.5 Å². The van der Waals surface area contributed by atoms with Crippen LogP contribution in [-0.4, -0.2) is 43.1 Å². The van der Waals surface area contributed by atoms with Crippen LogP contribution in [0.4, 0.5) is 0 Å². The number of carbonyl (C=O) groups is 1. The van der Waals surface area contributed by atoms with Gasteiger partial charge in [0.05, 0.1) is 32.6 Å². The fourth-order valence-corrected chi connectivity index (χ4v) is 6.75. The number of carbonyl (C=O) groups excluding carboxylic acids is 1. The van der Waals surface area contributed by atoms with E-state index in [1.54, 1.807) is 12.1 Å². The molecule has 2 aliphatic heterocycles. The molecular weight excluding hydrogens is 606 g/mol. The van der Waals surface area contributed by atoms with E-state index in [-0.39, 0.29) is 35.9 Å². The van der Waals surface area contributed by atoms with Gasteiger partial charge in [0.25, 0.3) is 0 Å². The third-order valence-electron chi connectivity index (χ3n) is 8.35. The molecular formula is C29H37Cl2IN2O2. The first-order chi connectivity index (χ1) is 16.9. The summed E-state index contributed by atoms with van der Waals surface area (Å²) in [5.74, 6) is 1.73. The van der Waals surface area contributed by atoms with E-state index >= 15 is 0 Å². The fraction of sp³-hybridized carbons (Fsp3) is 0.552. The Morgan fingerprint density at radius 3 is 1.97 bits per heavy atom. The molecule has 2 aromatic rings. The Kier molecular flexibility index (Phi) is 9.51. The minimum atomic E-state index is -0.483. The standard InChI is InChI=1S/C29H36Cl2N2O2.HI/c1-33(19-20-7-5-3-2-4-6-8-20)15-13-23(14-16-33)32-29(34)28-24-17-21(30)9-11-26(24)35-27-12-10-22(31)18-25(27)28;/h9-12,17-18,20,23,28H,2-8,13-16,19H2,1H3;1H. The van der Waals surface area contributed by atoms with Gasteiger partial charge in [0.15, 0.2) is 0 Å². The quantitative estimate of drug-likeness (QED) is 0.399. The molecule has 3 aliphatic rings. The van der Waals surface area contributed by atoms with Crippen molar-refractivity contribution >= 4 is 29.1 Å². The summed E-state index contributed by atoms with van der Waals surface area (Å²) in [5, 5.41) is 4.56. The molecule has 1 saturated heterocycles. The van der Waals surface area contributed by atoms with E-state index in [0.717, 1.165) is 47.5 Å². The largest absolute Gasteiger partial charge is 1.00 e. The van der Waals surface area contributed by atoms with Crippen LogP contribution < -0.4 is 34.0 Å². The van der Waals surface area contributed by atoms with E-state index in [1.165, 1.54) is 51.5 Å². The van der Waals surface area contributed by atoms with Gasteiger partial charge in [0.1, 0.15) is 11.5 Å². The van der Waals surface area contributed by atoms with Crippen molar-refractivity contribution in [2.45, 2.75) is 69.7 Å². The maximum atomic E-state index is 13.7. The van der Waals surface area contributed by atoms with Gasteiger partial charge >= 0.3 is 0 Å². The molecule has 36 heavy (non-hydrogen) atoms. The Bertz CT molecular complexity index is 1010. The van der Waals surface area contributed by atoms with Gasteiger partial charge in [-0.3, -0.25) is 4.79 Å². The van der Waals surface area contributed by atoms with Crippen molar-refractivity contribution in [3.05, 3.63) is 57.6 Å². The molecule has 0 radical (unpaired) electrons. The Morgan fingerprint density at radius 1 is 0.889 bits per heavy atom. The Morgan fingerprint density at radius 2 is 1.42 bits per heavy atom. The van der Waals surface area contributed by atoms with Gasteiger partial charge in [0.2, 0.25) is 5.91 Å². The van der Waals surface area contributed by atoms with Crippen molar-refractivity contribution in [2.75, 3.05) is 26.7 Å². The maximum absolute atomic E-state index is 13.7. The first-order valence-corrected chi connectivity index (χ1v) is 14.1. The number of quaternary nitrogens is 1.